The van der Waals surface area contributed by atoms with Gasteiger partial charge in [0.15, 0.2) is 0 Å². The summed E-state index contributed by atoms with van der Waals surface area (Å²) in [5, 5.41) is 13.8. The van der Waals surface area contributed by atoms with E-state index in [-0.39, 0.29) is 12.0 Å². The van der Waals surface area contributed by atoms with Crippen molar-refractivity contribution in [2.75, 3.05) is 19.7 Å². The van der Waals surface area contributed by atoms with E-state index in [1.54, 1.807) is 0 Å². The van der Waals surface area contributed by atoms with Crippen LogP contribution in [0.5, 0.6) is 0 Å². The summed E-state index contributed by atoms with van der Waals surface area (Å²) in [6.45, 7) is 3.96. The maximum atomic E-state index is 12.2. The normalized spacial score (nSPS) is 25.3. The Morgan fingerprint density at radius 3 is 3.11 bits per heavy atom. The number of amides is 1. The highest BCUT2D eigenvalue weighted by Gasteiger charge is 2.38. The number of nitrogens with zero attached hydrogens (tertiary/aromatic N) is 4. The minimum absolute atomic E-state index is 0.213. The number of nitrogens with one attached hydrogen (secondary N) is 1. The number of tetrazole rings is 1. The first kappa shape index (κ1) is 12.5. The summed E-state index contributed by atoms with van der Waals surface area (Å²) < 4.78 is 5.58. The smallest absolute Gasteiger partial charge is 0.222 e. The van der Waals surface area contributed by atoms with Crippen LogP contribution < -0.4 is 0 Å². The zero-order valence-corrected chi connectivity index (χ0v) is 11.1. The number of aromatic amines is 1. The molecule has 1 N–H and O–H groups in total. The Morgan fingerprint density at radius 2 is 2.42 bits per heavy atom. The van der Waals surface area contributed by atoms with E-state index in [4.69, 9.17) is 4.74 Å². The Bertz CT molecular complexity index is 443. The molecule has 1 saturated heterocycles. The number of morpholine rings is 1. The molecule has 2 fully saturated rings. The van der Waals surface area contributed by atoms with Crippen LogP contribution in [0.15, 0.2) is 0 Å². The fourth-order valence-electron chi connectivity index (χ4n) is 2.37. The predicted octanol–water partition coefficient (Wildman–Crippen LogP) is 0.680. The maximum Gasteiger partial charge on any atom is 0.222 e. The largest absolute Gasteiger partial charge is 0.366 e. The summed E-state index contributed by atoms with van der Waals surface area (Å²) in [5.41, 5.74) is 0.426. The highest BCUT2D eigenvalue weighted by atomic mass is 16.5. The van der Waals surface area contributed by atoms with Crippen LogP contribution in [-0.4, -0.2) is 51.1 Å². The van der Waals surface area contributed by atoms with Crippen LogP contribution in [0.4, 0.5) is 0 Å². The van der Waals surface area contributed by atoms with E-state index >= 15 is 0 Å². The van der Waals surface area contributed by atoms with Crippen LogP contribution in [0, 0.1) is 5.41 Å². The van der Waals surface area contributed by atoms with Crippen molar-refractivity contribution in [3.8, 4) is 0 Å². The molecule has 0 bridgehead atoms. The second-order valence-electron chi connectivity index (χ2n) is 5.78. The predicted molar refractivity (Wildman–Crippen MR) is 66.0 cm³/mol. The van der Waals surface area contributed by atoms with E-state index in [9.17, 15) is 4.79 Å². The average molecular weight is 265 g/mol. The summed E-state index contributed by atoms with van der Waals surface area (Å²) in [7, 11) is 0. The van der Waals surface area contributed by atoms with Gasteiger partial charge in [-0.3, -0.25) is 4.79 Å². The van der Waals surface area contributed by atoms with E-state index in [0.29, 0.717) is 37.4 Å². The van der Waals surface area contributed by atoms with Gasteiger partial charge in [-0.1, -0.05) is 12.1 Å². The Labute approximate surface area is 111 Å². The van der Waals surface area contributed by atoms with Gasteiger partial charge >= 0.3 is 0 Å². The highest BCUT2D eigenvalue weighted by molar-refractivity contribution is 5.76. The Kier molecular flexibility index (Phi) is 3.22. The molecule has 0 radical (unpaired) electrons. The Hall–Kier alpha value is -1.50. The van der Waals surface area contributed by atoms with Crippen molar-refractivity contribution in [1.82, 2.24) is 25.5 Å². The molecule has 1 aromatic heterocycles. The molecule has 7 nitrogen and oxygen atoms in total. The zero-order chi connectivity index (χ0) is 13.3. The minimum atomic E-state index is -0.257. The number of carbonyl (C=O) groups is 1. The van der Waals surface area contributed by atoms with Gasteiger partial charge in [0, 0.05) is 13.0 Å². The van der Waals surface area contributed by atoms with Gasteiger partial charge in [0.05, 0.1) is 13.2 Å². The van der Waals surface area contributed by atoms with Crippen LogP contribution in [-0.2, 0) is 9.53 Å². The van der Waals surface area contributed by atoms with Crippen LogP contribution in [0.3, 0.4) is 0 Å². The molecule has 0 spiro atoms. The van der Waals surface area contributed by atoms with Crippen molar-refractivity contribution in [2.45, 2.75) is 38.7 Å². The lowest BCUT2D eigenvalue weighted by atomic mass is 10.0. The van der Waals surface area contributed by atoms with Gasteiger partial charge in [-0.2, -0.15) is 5.21 Å². The van der Waals surface area contributed by atoms with Gasteiger partial charge < -0.3 is 9.64 Å². The van der Waals surface area contributed by atoms with Crippen LogP contribution in [0.1, 0.15) is 44.5 Å². The summed E-state index contributed by atoms with van der Waals surface area (Å²) in [5.74, 6) is 0.733. The minimum Gasteiger partial charge on any atom is -0.366 e. The molecule has 1 amide bonds. The van der Waals surface area contributed by atoms with Gasteiger partial charge in [-0.25, -0.2) is 0 Å². The molecule has 104 valence electrons. The monoisotopic (exact) mass is 265 g/mol. The number of hydrogen-bond donors (Lipinski definition) is 1. The van der Waals surface area contributed by atoms with Crippen molar-refractivity contribution in [2.24, 2.45) is 5.41 Å². The molecule has 1 atom stereocenters. The SMILES string of the molecule is CC1(CCC(=O)N2CCOC(c3nn[nH]n3)C2)CC1. The first-order valence-corrected chi connectivity index (χ1v) is 6.79. The highest BCUT2D eigenvalue weighted by Crippen LogP contribution is 2.48. The molecular weight excluding hydrogens is 246 g/mol. The van der Waals surface area contributed by atoms with Gasteiger partial charge in [0.1, 0.15) is 6.10 Å². The van der Waals surface area contributed by atoms with Gasteiger partial charge in [-0.05, 0) is 24.7 Å². The van der Waals surface area contributed by atoms with Gasteiger partial charge in [0.2, 0.25) is 11.7 Å². The van der Waals surface area contributed by atoms with E-state index in [1.165, 1.54) is 12.8 Å². The number of ether oxygens (including phenoxy) is 1. The number of H-pyrrole nitrogens is 1. The lowest BCUT2D eigenvalue weighted by Crippen LogP contribution is -2.42. The Balaban J connectivity index is 1.54. The summed E-state index contributed by atoms with van der Waals surface area (Å²) in [6, 6.07) is 0. The van der Waals surface area contributed by atoms with E-state index < -0.39 is 0 Å². The first-order chi connectivity index (χ1) is 9.16. The number of aromatic nitrogens is 4. The molecule has 3 rings (SSSR count). The summed E-state index contributed by atoms with van der Waals surface area (Å²) in [6.07, 6.45) is 3.89. The molecule has 7 heteroatoms. The maximum absolute atomic E-state index is 12.2. The number of hydrogen-bond acceptors (Lipinski definition) is 5. The third-order valence-corrected chi connectivity index (χ3v) is 4.11. The van der Waals surface area contributed by atoms with Crippen molar-refractivity contribution in [3.05, 3.63) is 5.82 Å². The molecule has 1 aliphatic heterocycles. The molecule has 1 unspecified atom stereocenters. The fraction of sp³-hybridized carbons (Fsp3) is 0.833. The summed E-state index contributed by atoms with van der Waals surface area (Å²) in [4.78, 5) is 14.1. The molecule has 0 aromatic carbocycles. The molecular formula is C12H19N5O2. The number of rotatable bonds is 4. The Morgan fingerprint density at radius 1 is 1.58 bits per heavy atom. The van der Waals surface area contributed by atoms with E-state index in [0.717, 1.165) is 6.42 Å². The van der Waals surface area contributed by atoms with E-state index in [1.807, 2.05) is 4.90 Å². The van der Waals surface area contributed by atoms with Gasteiger partial charge in [0.25, 0.3) is 0 Å². The zero-order valence-electron chi connectivity index (χ0n) is 11.1. The van der Waals surface area contributed by atoms with Crippen LogP contribution in [0.25, 0.3) is 0 Å². The number of carbonyl (C=O) groups excluding carboxylic acids is 1. The fourth-order valence-corrected chi connectivity index (χ4v) is 2.37. The lowest BCUT2D eigenvalue weighted by Gasteiger charge is -2.31. The topological polar surface area (TPSA) is 84.0 Å². The van der Waals surface area contributed by atoms with Gasteiger partial charge in [-0.15, -0.1) is 10.2 Å². The molecule has 2 heterocycles. The summed E-state index contributed by atoms with van der Waals surface area (Å²) >= 11 is 0. The second kappa shape index (κ2) is 4.88. The lowest BCUT2D eigenvalue weighted by molar-refractivity contribution is -0.139. The van der Waals surface area contributed by atoms with Crippen molar-refractivity contribution in [1.29, 1.82) is 0 Å². The second-order valence-corrected chi connectivity index (χ2v) is 5.78. The molecule has 1 aromatic rings. The van der Waals surface area contributed by atoms with E-state index in [2.05, 4.69) is 27.5 Å². The quantitative estimate of drug-likeness (QED) is 0.865. The molecule has 1 saturated carbocycles. The third-order valence-electron chi connectivity index (χ3n) is 4.11. The van der Waals surface area contributed by atoms with Crippen molar-refractivity contribution < 1.29 is 9.53 Å². The van der Waals surface area contributed by atoms with Crippen molar-refractivity contribution in [3.63, 3.8) is 0 Å². The standard InChI is InChI=1S/C12H19N5O2/c1-12(4-5-12)3-2-10(18)17-6-7-19-9(8-17)11-13-15-16-14-11/h9H,2-8H2,1H3,(H,13,14,15,16). The molecule has 2 aliphatic rings. The molecule has 1 aliphatic carbocycles. The van der Waals surface area contributed by atoms with Crippen LogP contribution >= 0.6 is 0 Å². The average Bonchev–Trinajstić information content (AvgIpc) is 2.95. The van der Waals surface area contributed by atoms with Crippen LogP contribution in [0.2, 0.25) is 0 Å². The molecule has 19 heavy (non-hydrogen) atoms. The first-order valence-electron chi connectivity index (χ1n) is 6.79. The van der Waals surface area contributed by atoms with Crippen molar-refractivity contribution >= 4 is 5.91 Å². The third kappa shape index (κ3) is 2.91.